The van der Waals surface area contributed by atoms with E-state index in [9.17, 15) is 4.39 Å². The molecule has 0 amide bonds. The largest absolute Gasteiger partial charge is 0.368 e. The molecule has 1 saturated carbocycles. The van der Waals surface area contributed by atoms with E-state index in [4.69, 9.17) is 0 Å². The van der Waals surface area contributed by atoms with Gasteiger partial charge < -0.3 is 10.2 Å². The lowest BCUT2D eigenvalue weighted by Gasteiger charge is -2.40. The van der Waals surface area contributed by atoms with Crippen LogP contribution in [-0.2, 0) is 0 Å². The van der Waals surface area contributed by atoms with Crippen molar-refractivity contribution in [1.82, 2.24) is 5.32 Å². The Kier molecular flexibility index (Phi) is 4.25. The molecule has 0 aromatic heterocycles. The van der Waals surface area contributed by atoms with Crippen LogP contribution in [0, 0.1) is 18.7 Å². The zero-order valence-electron chi connectivity index (χ0n) is 12.4. The molecule has 1 aliphatic heterocycles. The molecule has 0 spiro atoms. The third kappa shape index (κ3) is 2.83. The molecule has 2 fully saturated rings. The number of benzene rings is 1. The Bertz CT molecular complexity index is 454. The van der Waals surface area contributed by atoms with Crippen molar-refractivity contribution >= 4 is 5.69 Å². The smallest absolute Gasteiger partial charge is 0.128 e. The van der Waals surface area contributed by atoms with Crippen LogP contribution in [0.1, 0.15) is 37.7 Å². The van der Waals surface area contributed by atoms with Gasteiger partial charge in [-0.2, -0.15) is 0 Å². The fourth-order valence-corrected chi connectivity index (χ4v) is 3.79. The normalized spacial score (nSPS) is 24.9. The van der Waals surface area contributed by atoms with Crippen molar-refractivity contribution in [2.75, 3.05) is 24.5 Å². The number of nitrogens with zero attached hydrogens (tertiary/aromatic N) is 1. The van der Waals surface area contributed by atoms with E-state index >= 15 is 0 Å². The summed E-state index contributed by atoms with van der Waals surface area (Å²) in [5.41, 5.74) is 1.86. The molecular weight excluding hydrogens is 251 g/mol. The van der Waals surface area contributed by atoms with Gasteiger partial charge in [-0.05, 0) is 37.8 Å². The van der Waals surface area contributed by atoms with E-state index in [0.29, 0.717) is 6.04 Å². The SMILES string of the molecule is Cc1c(F)cccc1N1CCNC(C2CCCCC2)C1. The van der Waals surface area contributed by atoms with Gasteiger partial charge in [-0.1, -0.05) is 25.3 Å². The Morgan fingerprint density at radius 3 is 2.80 bits per heavy atom. The maximum absolute atomic E-state index is 13.7. The molecule has 110 valence electrons. The van der Waals surface area contributed by atoms with Crippen molar-refractivity contribution in [1.29, 1.82) is 0 Å². The number of rotatable bonds is 2. The third-order valence-corrected chi connectivity index (χ3v) is 5.00. The van der Waals surface area contributed by atoms with Crippen molar-refractivity contribution in [3.05, 3.63) is 29.6 Å². The van der Waals surface area contributed by atoms with E-state index in [1.54, 1.807) is 6.07 Å². The van der Waals surface area contributed by atoms with Gasteiger partial charge in [0.2, 0.25) is 0 Å². The summed E-state index contributed by atoms with van der Waals surface area (Å²) in [6.45, 7) is 4.90. The van der Waals surface area contributed by atoms with Gasteiger partial charge >= 0.3 is 0 Å². The van der Waals surface area contributed by atoms with E-state index in [0.717, 1.165) is 36.8 Å². The quantitative estimate of drug-likeness (QED) is 0.889. The van der Waals surface area contributed by atoms with Gasteiger partial charge in [0, 0.05) is 36.9 Å². The Morgan fingerprint density at radius 2 is 2.00 bits per heavy atom. The summed E-state index contributed by atoms with van der Waals surface area (Å²) >= 11 is 0. The molecule has 1 aromatic rings. The summed E-state index contributed by atoms with van der Waals surface area (Å²) in [5.74, 6) is 0.718. The third-order valence-electron chi connectivity index (χ3n) is 5.00. The molecule has 3 rings (SSSR count). The summed E-state index contributed by atoms with van der Waals surface area (Å²) in [7, 11) is 0. The van der Waals surface area contributed by atoms with Crippen molar-refractivity contribution in [2.45, 2.75) is 45.1 Å². The van der Waals surface area contributed by atoms with Crippen LogP contribution in [0.4, 0.5) is 10.1 Å². The summed E-state index contributed by atoms with van der Waals surface area (Å²) < 4.78 is 13.7. The first-order valence-corrected chi connectivity index (χ1v) is 7.99. The monoisotopic (exact) mass is 276 g/mol. The van der Waals surface area contributed by atoms with Crippen LogP contribution in [-0.4, -0.2) is 25.7 Å². The van der Waals surface area contributed by atoms with Gasteiger partial charge in [0.1, 0.15) is 5.82 Å². The average Bonchev–Trinajstić information content (AvgIpc) is 2.51. The first-order chi connectivity index (χ1) is 9.75. The van der Waals surface area contributed by atoms with Crippen molar-refractivity contribution in [3.63, 3.8) is 0 Å². The minimum atomic E-state index is -0.0877. The Morgan fingerprint density at radius 1 is 1.20 bits per heavy atom. The van der Waals surface area contributed by atoms with Crippen LogP contribution in [0.25, 0.3) is 0 Å². The lowest BCUT2D eigenvalue weighted by molar-refractivity contribution is 0.257. The van der Waals surface area contributed by atoms with Crippen LogP contribution < -0.4 is 10.2 Å². The van der Waals surface area contributed by atoms with Crippen LogP contribution in [0.5, 0.6) is 0 Å². The fourth-order valence-electron chi connectivity index (χ4n) is 3.79. The molecule has 20 heavy (non-hydrogen) atoms. The molecule has 1 atom stereocenters. The average molecular weight is 276 g/mol. The van der Waals surface area contributed by atoms with Crippen LogP contribution in [0.2, 0.25) is 0 Å². The molecule has 2 aliphatic rings. The van der Waals surface area contributed by atoms with Crippen LogP contribution >= 0.6 is 0 Å². The van der Waals surface area contributed by atoms with Crippen LogP contribution in [0.15, 0.2) is 18.2 Å². The second-order valence-electron chi connectivity index (χ2n) is 6.29. The molecule has 1 heterocycles. The summed E-state index contributed by atoms with van der Waals surface area (Å²) in [4.78, 5) is 2.37. The van der Waals surface area contributed by atoms with Gasteiger partial charge in [0.15, 0.2) is 0 Å². The van der Waals surface area contributed by atoms with Crippen molar-refractivity contribution < 1.29 is 4.39 Å². The highest BCUT2D eigenvalue weighted by atomic mass is 19.1. The summed E-state index contributed by atoms with van der Waals surface area (Å²) in [6.07, 6.45) is 6.86. The molecule has 1 unspecified atom stereocenters. The van der Waals surface area contributed by atoms with Crippen LogP contribution in [0.3, 0.4) is 0 Å². The molecule has 1 N–H and O–H groups in total. The first-order valence-electron chi connectivity index (χ1n) is 7.99. The highest BCUT2D eigenvalue weighted by Gasteiger charge is 2.28. The second-order valence-corrected chi connectivity index (χ2v) is 6.29. The standard InChI is InChI=1S/C17H25FN2/c1-13-15(18)8-5-9-17(13)20-11-10-19-16(12-20)14-6-3-2-4-7-14/h5,8-9,14,16,19H,2-4,6-7,10-12H2,1H3. The number of anilines is 1. The number of halogens is 1. The molecule has 1 saturated heterocycles. The van der Waals surface area contributed by atoms with Gasteiger partial charge in [-0.3, -0.25) is 0 Å². The molecule has 1 aliphatic carbocycles. The Balaban J connectivity index is 1.72. The molecule has 0 bridgehead atoms. The number of piperazine rings is 1. The van der Waals surface area contributed by atoms with Crippen molar-refractivity contribution in [2.24, 2.45) is 5.92 Å². The van der Waals surface area contributed by atoms with E-state index in [-0.39, 0.29) is 5.82 Å². The van der Waals surface area contributed by atoms with E-state index in [2.05, 4.69) is 16.3 Å². The van der Waals surface area contributed by atoms with Gasteiger partial charge in [-0.25, -0.2) is 4.39 Å². The predicted octanol–water partition coefficient (Wildman–Crippen LogP) is 3.49. The Labute approximate surface area is 121 Å². The van der Waals surface area contributed by atoms with Gasteiger partial charge in [0.25, 0.3) is 0 Å². The first kappa shape index (κ1) is 13.9. The highest BCUT2D eigenvalue weighted by molar-refractivity contribution is 5.54. The topological polar surface area (TPSA) is 15.3 Å². The van der Waals surface area contributed by atoms with Crippen molar-refractivity contribution in [3.8, 4) is 0 Å². The predicted molar refractivity (Wildman–Crippen MR) is 81.7 cm³/mol. The molecular formula is C17H25FN2. The van der Waals surface area contributed by atoms with Gasteiger partial charge in [-0.15, -0.1) is 0 Å². The second kappa shape index (κ2) is 6.13. The van der Waals surface area contributed by atoms with Gasteiger partial charge in [0.05, 0.1) is 0 Å². The Hall–Kier alpha value is -1.09. The lowest BCUT2D eigenvalue weighted by Crippen LogP contribution is -2.54. The van der Waals surface area contributed by atoms with E-state index in [1.807, 2.05) is 13.0 Å². The summed E-state index contributed by atoms with van der Waals surface area (Å²) in [6, 6.07) is 6.02. The van der Waals surface area contributed by atoms with E-state index in [1.165, 1.54) is 32.1 Å². The minimum Gasteiger partial charge on any atom is -0.368 e. The minimum absolute atomic E-state index is 0.0877. The fraction of sp³-hybridized carbons (Fsp3) is 0.647. The zero-order chi connectivity index (χ0) is 13.9. The molecule has 3 heteroatoms. The maximum Gasteiger partial charge on any atom is 0.128 e. The zero-order valence-corrected chi connectivity index (χ0v) is 12.4. The molecule has 1 aromatic carbocycles. The highest BCUT2D eigenvalue weighted by Crippen LogP contribution is 2.30. The molecule has 0 radical (unpaired) electrons. The van der Waals surface area contributed by atoms with E-state index < -0.39 is 0 Å². The lowest BCUT2D eigenvalue weighted by atomic mass is 9.83. The summed E-state index contributed by atoms with van der Waals surface area (Å²) in [5, 5.41) is 3.69. The number of hydrogen-bond donors (Lipinski definition) is 1. The molecule has 2 nitrogen and oxygen atoms in total. The maximum atomic E-state index is 13.7. The number of nitrogens with one attached hydrogen (secondary N) is 1. The number of hydrogen-bond acceptors (Lipinski definition) is 2.